The van der Waals surface area contributed by atoms with Crippen molar-refractivity contribution < 1.29 is 14.6 Å². The summed E-state index contributed by atoms with van der Waals surface area (Å²) in [5, 5.41) is 18.1. The third-order valence-corrected chi connectivity index (χ3v) is 7.58. The molecule has 0 aromatic heterocycles. The van der Waals surface area contributed by atoms with Gasteiger partial charge in [0.1, 0.15) is 19.0 Å². The van der Waals surface area contributed by atoms with Crippen LogP contribution >= 0.6 is 0 Å². The second kappa shape index (κ2) is 6.56. The van der Waals surface area contributed by atoms with Crippen molar-refractivity contribution in [2.45, 2.75) is 50.0 Å². The maximum absolute atomic E-state index is 10.9. The van der Waals surface area contributed by atoms with E-state index in [4.69, 9.17) is 9.47 Å². The van der Waals surface area contributed by atoms with Crippen LogP contribution in [0.4, 0.5) is 11.4 Å². The van der Waals surface area contributed by atoms with Crippen molar-refractivity contribution in [3.8, 4) is 17.2 Å². The van der Waals surface area contributed by atoms with Crippen molar-refractivity contribution in [3.63, 3.8) is 0 Å². The lowest BCUT2D eigenvalue weighted by Crippen LogP contribution is -2.59. The number of ether oxygens (including phenoxy) is 2. The number of phenolic OH excluding ortho intramolecular Hbond substituents is 1. The quantitative estimate of drug-likeness (QED) is 0.667. The molecule has 152 valence electrons. The highest BCUT2D eigenvalue weighted by Gasteiger charge is 2.51. The summed E-state index contributed by atoms with van der Waals surface area (Å²) in [5.41, 5.74) is 4.72. The Labute approximate surface area is 171 Å². The van der Waals surface area contributed by atoms with Crippen LogP contribution in [-0.4, -0.2) is 30.9 Å². The zero-order chi connectivity index (χ0) is 19.4. The molecule has 3 N–H and O–H groups in total. The first-order valence-electron chi connectivity index (χ1n) is 11.0. The Morgan fingerprint density at radius 2 is 1.93 bits per heavy atom. The summed E-state index contributed by atoms with van der Waals surface area (Å²) in [5.74, 6) is 2.59. The van der Waals surface area contributed by atoms with Gasteiger partial charge in [-0.15, -0.1) is 0 Å². The lowest BCUT2D eigenvalue weighted by Gasteiger charge is -2.56. The highest BCUT2D eigenvalue weighted by Crippen LogP contribution is 2.55. The van der Waals surface area contributed by atoms with E-state index in [9.17, 15) is 5.11 Å². The molecule has 2 aromatic carbocycles. The van der Waals surface area contributed by atoms with Gasteiger partial charge in [-0.1, -0.05) is 12.8 Å². The first-order valence-corrected chi connectivity index (χ1v) is 11.0. The molecule has 5 heteroatoms. The molecule has 5 nitrogen and oxygen atoms in total. The molecule has 0 spiro atoms. The largest absolute Gasteiger partial charge is 0.506 e. The summed E-state index contributed by atoms with van der Waals surface area (Å²) in [7, 11) is 0. The van der Waals surface area contributed by atoms with Gasteiger partial charge in [0.15, 0.2) is 11.5 Å². The summed E-state index contributed by atoms with van der Waals surface area (Å²) in [4.78, 5) is 0. The van der Waals surface area contributed by atoms with Gasteiger partial charge in [-0.25, -0.2) is 0 Å². The van der Waals surface area contributed by atoms with E-state index in [2.05, 4.69) is 22.8 Å². The summed E-state index contributed by atoms with van der Waals surface area (Å²) in [6.07, 6.45) is 7.47. The number of piperidine rings is 1. The van der Waals surface area contributed by atoms with Gasteiger partial charge in [0, 0.05) is 23.2 Å². The highest BCUT2D eigenvalue weighted by molar-refractivity contribution is 5.70. The van der Waals surface area contributed by atoms with E-state index < -0.39 is 0 Å². The number of rotatable bonds is 2. The molecule has 6 rings (SSSR count). The molecule has 29 heavy (non-hydrogen) atoms. The van der Waals surface area contributed by atoms with E-state index >= 15 is 0 Å². The van der Waals surface area contributed by atoms with E-state index in [1.165, 1.54) is 43.2 Å². The maximum Gasteiger partial charge on any atom is 0.163 e. The minimum absolute atomic E-state index is 0.259. The molecular formula is C24H28N2O3. The summed E-state index contributed by atoms with van der Waals surface area (Å²) < 4.78 is 11.3. The van der Waals surface area contributed by atoms with Crippen LogP contribution in [0.2, 0.25) is 0 Å². The Morgan fingerprint density at radius 3 is 2.86 bits per heavy atom. The van der Waals surface area contributed by atoms with Crippen LogP contribution < -0.4 is 20.1 Å². The zero-order valence-corrected chi connectivity index (χ0v) is 16.7. The van der Waals surface area contributed by atoms with Gasteiger partial charge in [-0.05, 0) is 73.5 Å². The molecule has 2 aliphatic heterocycles. The first kappa shape index (κ1) is 17.5. The molecule has 2 aromatic rings. The van der Waals surface area contributed by atoms with Gasteiger partial charge < -0.3 is 25.2 Å². The van der Waals surface area contributed by atoms with E-state index in [1.807, 2.05) is 18.2 Å². The number of anilines is 2. The van der Waals surface area contributed by atoms with Gasteiger partial charge in [0.2, 0.25) is 0 Å². The van der Waals surface area contributed by atoms with Gasteiger partial charge in [-0.2, -0.15) is 0 Å². The number of hydrogen-bond acceptors (Lipinski definition) is 5. The lowest BCUT2D eigenvalue weighted by atomic mass is 9.53. The molecule has 1 saturated heterocycles. The monoisotopic (exact) mass is 392 g/mol. The molecule has 0 amide bonds. The van der Waals surface area contributed by atoms with E-state index in [-0.39, 0.29) is 5.41 Å². The Balaban J connectivity index is 1.36. The topological polar surface area (TPSA) is 62.8 Å². The molecule has 0 unspecified atom stereocenters. The van der Waals surface area contributed by atoms with Crippen molar-refractivity contribution in [2.75, 3.05) is 25.1 Å². The normalized spacial score (nSPS) is 29.5. The predicted octanol–water partition coefficient (Wildman–Crippen LogP) is 4.25. The smallest absolute Gasteiger partial charge is 0.163 e. The van der Waals surface area contributed by atoms with Crippen LogP contribution in [0.1, 0.15) is 43.2 Å². The van der Waals surface area contributed by atoms with Crippen LogP contribution in [0.5, 0.6) is 17.2 Å². The summed E-state index contributed by atoms with van der Waals surface area (Å²) >= 11 is 0. The molecule has 3 atom stereocenters. The number of hydrogen-bond donors (Lipinski definition) is 3. The SMILES string of the molecule is Oc1cc2c(cc1Nc1ccc3c(c1)OCCO3)C[C@H]1NCC[C@@]23CCCC[C@@H]13. The van der Waals surface area contributed by atoms with Crippen molar-refractivity contribution in [1.82, 2.24) is 5.32 Å². The molecule has 0 radical (unpaired) electrons. The molecular weight excluding hydrogens is 364 g/mol. The summed E-state index contributed by atoms with van der Waals surface area (Å²) in [6.45, 7) is 2.25. The van der Waals surface area contributed by atoms with Crippen LogP contribution in [-0.2, 0) is 11.8 Å². The van der Waals surface area contributed by atoms with E-state index in [0.717, 1.165) is 35.8 Å². The highest BCUT2D eigenvalue weighted by atomic mass is 16.6. The van der Waals surface area contributed by atoms with Crippen molar-refractivity contribution in [3.05, 3.63) is 41.5 Å². The second-order valence-electron chi connectivity index (χ2n) is 9.03. The summed E-state index contributed by atoms with van der Waals surface area (Å²) in [6, 6.07) is 10.6. The Morgan fingerprint density at radius 1 is 1.03 bits per heavy atom. The molecule has 4 aliphatic rings. The average molecular weight is 392 g/mol. The van der Waals surface area contributed by atoms with Gasteiger partial charge >= 0.3 is 0 Å². The average Bonchev–Trinajstić information content (AvgIpc) is 2.75. The van der Waals surface area contributed by atoms with Gasteiger partial charge in [0.25, 0.3) is 0 Å². The van der Waals surface area contributed by atoms with Crippen LogP contribution in [0.15, 0.2) is 30.3 Å². The maximum atomic E-state index is 10.9. The van der Waals surface area contributed by atoms with Crippen LogP contribution in [0.3, 0.4) is 0 Å². The Hall–Kier alpha value is -2.40. The predicted molar refractivity (Wildman–Crippen MR) is 113 cm³/mol. The van der Waals surface area contributed by atoms with Gasteiger partial charge in [-0.3, -0.25) is 0 Å². The third kappa shape index (κ3) is 2.71. The molecule has 2 fully saturated rings. The Bertz CT molecular complexity index is 955. The lowest BCUT2D eigenvalue weighted by molar-refractivity contribution is 0.0796. The fourth-order valence-electron chi connectivity index (χ4n) is 6.35. The fraction of sp³-hybridized carbons (Fsp3) is 0.500. The number of phenols is 1. The molecule has 2 bridgehead atoms. The van der Waals surface area contributed by atoms with Crippen molar-refractivity contribution in [1.29, 1.82) is 0 Å². The molecule has 2 heterocycles. The zero-order valence-electron chi connectivity index (χ0n) is 16.7. The number of aromatic hydroxyl groups is 1. The van der Waals surface area contributed by atoms with Crippen molar-refractivity contribution >= 4 is 11.4 Å². The van der Waals surface area contributed by atoms with Gasteiger partial charge in [0.05, 0.1) is 5.69 Å². The third-order valence-electron chi connectivity index (χ3n) is 7.58. The van der Waals surface area contributed by atoms with Crippen molar-refractivity contribution in [2.24, 2.45) is 5.92 Å². The molecule has 2 aliphatic carbocycles. The molecule has 1 saturated carbocycles. The number of nitrogens with one attached hydrogen (secondary N) is 2. The second-order valence-corrected chi connectivity index (χ2v) is 9.03. The van der Waals surface area contributed by atoms with Crippen LogP contribution in [0.25, 0.3) is 0 Å². The first-order chi connectivity index (χ1) is 14.2. The Kier molecular flexibility index (Phi) is 3.95. The van der Waals surface area contributed by atoms with Crippen LogP contribution in [0, 0.1) is 5.92 Å². The number of fused-ring (bicyclic) bond motifs is 2. The standard InChI is InChI=1S/C24H28N2O3/c27-21-14-18-15(11-19-17-3-1-2-6-24(17,18)7-8-25-19)12-20(21)26-16-4-5-22-23(13-16)29-10-9-28-22/h4-5,12-14,17,19,25-27H,1-3,6-11H2/t17-,19+,24+/m0/s1. The minimum Gasteiger partial charge on any atom is -0.506 e. The fourth-order valence-corrected chi connectivity index (χ4v) is 6.35. The minimum atomic E-state index is 0.259. The van der Waals surface area contributed by atoms with E-state index in [0.29, 0.717) is 30.9 Å². The number of benzene rings is 2. The van der Waals surface area contributed by atoms with E-state index in [1.54, 1.807) is 0 Å².